The highest BCUT2D eigenvalue weighted by molar-refractivity contribution is 6.06. The predicted molar refractivity (Wildman–Crippen MR) is 113 cm³/mol. The maximum Gasteiger partial charge on any atom is 0.294 e. The molecular formula is C23H30N4O2. The van der Waals surface area contributed by atoms with Gasteiger partial charge in [0, 0.05) is 25.3 Å². The van der Waals surface area contributed by atoms with E-state index in [0.717, 1.165) is 56.5 Å². The average Bonchev–Trinajstić information content (AvgIpc) is 3.12. The second kappa shape index (κ2) is 8.39. The summed E-state index contributed by atoms with van der Waals surface area (Å²) in [5.41, 5.74) is 3.51. The highest BCUT2D eigenvalue weighted by Gasteiger charge is 2.31. The van der Waals surface area contributed by atoms with Crippen LogP contribution < -0.4 is 10.2 Å². The molecule has 4 rings (SSSR count). The molecule has 154 valence electrons. The molecule has 0 atom stereocenters. The lowest BCUT2D eigenvalue weighted by molar-refractivity contribution is 0.0946. The van der Waals surface area contributed by atoms with Gasteiger partial charge in [-0.3, -0.25) is 9.59 Å². The molecule has 6 nitrogen and oxygen atoms in total. The monoisotopic (exact) mass is 394 g/mol. The van der Waals surface area contributed by atoms with E-state index in [4.69, 9.17) is 0 Å². The summed E-state index contributed by atoms with van der Waals surface area (Å²) in [5, 5.41) is 2.99. The van der Waals surface area contributed by atoms with Crippen molar-refractivity contribution in [3.63, 3.8) is 0 Å². The van der Waals surface area contributed by atoms with E-state index in [-0.39, 0.29) is 11.8 Å². The Morgan fingerprint density at radius 2 is 1.93 bits per heavy atom. The molecule has 6 heteroatoms. The average molecular weight is 395 g/mol. The minimum atomic E-state index is -0.158. The molecule has 0 saturated heterocycles. The van der Waals surface area contributed by atoms with Gasteiger partial charge in [-0.1, -0.05) is 32.0 Å². The van der Waals surface area contributed by atoms with Crippen LogP contribution in [0.5, 0.6) is 0 Å². The lowest BCUT2D eigenvalue weighted by Gasteiger charge is -2.29. The van der Waals surface area contributed by atoms with Gasteiger partial charge in [0.1, 0.15) is 5.69 Å². The number of rotatable bonds is 5. The van der Waals surface area contributed by atoms with Gasteiger partial charge in [0.15, 0.2) is 0 Å². The molecule has 2 aliphatic rings. The quantitative estimate of drug-likeness (QED) is 0.843. The van der Waals surface area contributed by atoms with Crippen LogP contribution in [0.3, 0.4) is 0 Å². The Kier molecular flexibility index (Phi) is 5.69. The van der Waals surface area contributed by atoms with Gasteiger partial charge < -0.3 is 14.8 Å². The Balaban J connectivity index is 1.64. The molecule has 0 bridgehead atoms. The fourth-order valence-electron chi connectivity index (χ4n) is 4.31. The van der Waals surface area contributed by atoms with Gasteiger partial charge in [-0.05, 0) is 56.1 Å². The number of anilines is 1. The van der Waals surface area contributed by atoms with Crippen LogP contribution in [0.4, 0.5) is 5.69 Å². The Morgan fingerprint density at radius 3 is 2.76 bits per heavy atom. The van der Waals surface area contributed by atoms with Crippen molar-refractivity contribution < 1.29 is 9.59 Å². The molecule has 29 heavy (non-hydrogen) atoms. The van der Waals surface area contributed by atoms with E-state index in [9.17, 15) is 9.59 Å². The zero-order valence-electron chi connectivity index (χ0n) is 17.4. The molecule has 0 saturated carbocycles. The maximum absolute atomic E-state index is 13.5. The Labute approximate surface area is 172 Å². The lowest BCUT2D eigenvalue weighted by atomic mass is 10.0. The molecule has 0 fully saturated rings. The Hall–Kier alpha value is -2.63. The highest BCUT2D eigenvalue weighted by atomic mass is 16.2. The second-order valence-electron chi connectivity index (χ2n) is 8.47. The fourth-order valence-corrected chi connectivity index (χ4v) is 4.31. The first kappa shape index (κ1) is 19.7. The topological polar surface area (TPSA) is 67.2 Å². The van der Waals surface area contributed by atoms with E-state index in [2.05, 4.69) is 30.2 Å². The second-order valence-corrected chi connectivity index (χ2v) is 8.47. The predicted octanol–water partition coefficient (Wildman–Crippen LogP) is 3.59. The summed E-state index contributed by atoms with van der Waals surface area (Å²) in [6.45, 7) is 6.34. The molecular weight excluding hydrogens is 364 g/mol. The summed E-state index contributed by atoms with van der Waals surface area (Å²) >= 11 is 0. The minimum Gasteiger partial charge on any atom is -0.351 e. The first-order valence-electron chi connectivity index (χ1n) is 10.8. The fraction of sp³-hybridized carbons (Fsp3) is 0.522. The van der Waals surface area contributed by atoms with Crippen molar-refractivity contribution in [1.82, 2.24) is 14.9 Å². The van der Waals surface area contributed by atoms with Gasteiger partial charge in [-0.15, -0.1) is 0 Å². The zero-order chi connectivity index (χ0) is 20.4. The van der Waals surface area contributed by atoms with Crippen molar-refractivity contribution in [2.24, 2.45) is 5.92 Å². The van der Waals surface area contributed by atoms with Crippen molar-refractivity contribution in [3.8, 4) is 0 Å². The molecule has 1 aromatic carbocycles. The van der Waals surface area contributed by atoms with Crippen LogP contribution in [0, 0.1) is 5.92 Å². The lowest BCUT2D eigenvalue weighted by Crippen LogP contribution is -2.37. The summed E-state index contributed by atoms with van der Waals surface area (Å²) in [6.07, 6.45) is 5.69. The summed E-state index contributed by atoms with van der Waals surface area (Å²) in [7, 11) is 0. The van der Waals surface area contributed by atoms with E-state index in [0.29, 0.717) is 30.5 Å². The van der Waals surface area contributed by atoms with Crippen LogP contribution in [0.1, 0.15) is 71.9 Å². The van der Waals surface area contributed by atoms with Crippen LogP contribution in [-0.2, 0) is 19.4 Å². The largest absolute Gasteiger partial charge is 0.351 e. The molecule has 2 amide bonds. The number of para-hydroxylation sites is 1. The maximum atomic E-state index is 13.5. The van der Waals surface area contributed by atoms with Gasteiger partial charge in [0.25, 0.3) is 11.8 Å². The van der Waals surface area contributed by atoms with Gasteiger partial charge in [-0.25, -0.2) is 4.98 Å². The number of carbonyl (C=O) groups is 2. The Morgan fingerprint density at radius 1 is 1.10 bits per heavy atom. The van der Waals surface area contributed by atoms with Crippen molar-refractivity contribution in [2.45, 2.75) is 58.9 Å². The first-order valence-corrected chi connectivity index (χ1v) is 10.8. The van der Waals surface area contributed by atoms with Gasteiger partial charge in [0.2, 0.25) is 5.82 Å². The number of hydrogen-bond donors (Lipinski definition) is 1. The number of fused-ring (bicyclic) bond motifs is 2. The number of aryl methyl sites for hydroxylation is 1. The Bertz CT molecular complexity index is 916. The number of nitrogens with zero attached hydrogens (tertiary/aromatic N) is 3. The summed E-state index contributed by atoms with van der Waals surface area (Å²) in [6, 6.07) is 8.08. The van der Waals surface area contributed by atoms with Crippen molar-refractivity contribution in [3.05, 3.63) is 47.0 Å². The third-order valence-corrected chi connectivity index (χ3v) is 5.89. The summed E-state index contributed by atoms with van der Waals surface area (Å²) in [5.74, 6) is 0.684. The molecule has 0 unspecified atom stereocenters. The van der Waals surface area contributed by atoms with E-state index >= 15 is 0 Å². The van der Waals surface area contributed by atoms with Crippen LogP contribution in [0.2, 0.25) is 0 Å². The van der Waals surface area contributed by atoms with E-state index in [1.54, 1.807) is 0 Å². The zero-order valence-corrected chi connectivity index (χ0v) is 17.4. The normalized spacial score (nSPS) is 15.8. The molecule has 0 radical (unpaired) electrons. The molecule has 1 N–H and O–H groups in total. The van der Waals surface area contributed by atoms with E-state index in [1.807, 2.05) is 27.7 Å². The van der Waals surface area contributed by atoms with Crippen LogP contribution in [0.25, 0.3) is 0 Å². The van der Waals surface area contributed by atoms with Crippen LogP contribution in [0.15, 0.2) is 24.3 Å². The van der Waals surface area contributed by atoms with Crippen LogP contribution in [-0.4, -0.2) is 34.5 Å². The number of aromatic nitrogens is 2. The van der Waals surface area contributed by atoms with E-state index < -0.39 is 0 Å². The highest BCUT2D eigenvalue weighted by Crippen LogP contribution is 2.29. The van der Waals surface area contributed by atoms with Crippen molar-refractivity contribution in [2.75, 3.05) is 18.0 Å². The van der Waals surface area contributed by atoms with Gasteiger partial charge >= 0.3 is 0 Å². The van der Waals surface area contributed by atoms with Crippen molar-refractivity contribution in [1.29, 1.82) is 0 Å². The number of imidazole rings is 1. The SMILES string of the molecule is CC(C)CCNC(=O)c1nc(C(=O)N2CCCc3ccccc32)n2c1CCCC2. The smallest absolute Gasteiger partial charge is 0.294 e. The molecule has 3 heterocycles. The number of carbonyl (C=O) groups excluding carboxylic acids is 2. The molecule has 0 spiro atoms. The first-order chi connectivity index (χ1) is 14.1. The number of amides is 2. The third kappa shape index (κ3) is 3.93. The van der Waals surface area contributed by atoms with Crippen LogP contribution >= 0.6 is 0 Å². The van der Waals surface area contributed by atoms with Crippen molar-refractivity contribution >= 4 is 17.5 Å². The number of hydrogen-bond acceptors (Lipinski definition) is 3. The molecule has 1 aromatic heterocycles. The minimum absolute atomic E-state index is 0.0958. The summed E-state index contributed by atoms with van der Waals surface area (Å²) < 4.78 is 1.99. The standard InChI is InChI=1S/C23H30N4O2/c1-16(2)12-13-24-22(28)20-19-11-5-6-14-26(19)21(25-20)23(29)27-15-7-9-17-8-3-4-10-18(17)27/h3-4,8,10,16H,5-7,9,11-15H2,1-2H3,(H,24,28). The summed E-state index contributed by atoms with van der Waals surface area (Å²) in [4.78, 5) is 32.7. The van der Waals surface area contributed by atoms with E-state index in [1.165, 1.54) is 5.56 Å². The molecule has 2 aliphatic heterocycles. The molecule has 0 aliphatic carbocycles. The number of benzene rings is 1. The number of nitrogens with one attached hydrogen (secondary N) is 1. The van der Waals surface area contributed by atoms with Gasteiger partial charge in [0.05, 0.1) is 5.69 Å². The molecule has 2 aromatic rings. The third-order valence-electron chi connectivity index (χ3n) is 5.89. The van der Waals surface area contributed by atoms with Gasteiger partial charge in [-0.2, -0.15) is 0 Å².